The maximum absolute atomic E-state index is 12.1. The number of carbonyl (C=O) groups is 3. The Morgan fingerprint density at radius 1 is 1.39 bits per heavy atom. The SMILES string of the molecule is CN1C(=O)CCC(NC(=O)C(C)(N)C2CC2)C1=O. The van der Waals surface area contributed by atoms with Gasteiger partial charge >= 0.3 is 0 Å². The molecule has 2 unspecified atom stereocenters. The summed E-state index contributed by atoms with van der Waals surface area (Å²) in [6.07, 6.45) is 2.54. The van der Waals surface area contributed by atoms with E-state index in [0.29, 0.717) is 6.42 Å². The highest BCUT2D eigenvalue weighted by Crippen LogP contribution is 2.38. The van der Waals surface area contributed by atoms with Crippen LogP contribution in [0.5, 0.6) is 0 Å². The van der Waals surface area contributed by atoms with Crippen LogP contribution in [-0.2, 0) is 14.4 Å². The average molecular weight is 253 g/mol. The number of amides is 3. The number of carbonyl (C=O) groups excluding carboxylic acids is 3. The lowest BCUT2D eigenvalue weighted by atomic mass is 9.94. The van der Waals surface area contributed by atoms with Gasteiger partial charge in [0, 0.05) is 13.5 Å². The molecule has 1 saturated heterocycles. The van der Waals surface area contributed by atoms with E-state index in [0.717, 1.165) is 17.7 Å². The third-order valence-electron chi connectivity index (χ3n) is 3.87. The largest absolute Gasteiger partial charge is 0.343 e. The number of likely N-dealkylation sites (tertiary alicyclic amines) is 1. The zero-order valence-corrected chi connectivity index (χ0v) is 10.7. The molecule has 2 fully saturated rings. The first-order chi connectivity index (χ1) is 8.34. The van der Waals surface area contributed by atoms with Gasteiger partial charge in [0.15, 0.2) is 0 Å². The monoisotopic (exact) mass is 253 g/mol. The van der Waals surface area contributed by atoms with Gasteiger partial charge in [0.2, 0.25) is 11.8 Å². The Balaban J connectivity index is 1.99. The van der Waals surface area contributed by atoms with Crippen molar-refractivity contribution >= 4 is 17.7 Å². The highest BCUT2D eigenvalue weighted by atomic mass is 16.2. The van der Waals surface area contributed by atoms with Crippen molar-refractivity contribution in [3.05, 3.63) is 0 Å². The van der Waals surface area contributed by atoms with Crippen LogP contribution >= 0.6 is 0 Å². The Morgan fingerprint density at radius 2 is 2.00 bits per heavy atom. The topological polar surface area (TPSA) is 92.5 Å². The molecule has 2 aliphatic rings. The molecule has 0 spiro atoms. The molecular weight excluding hydrogens is 234 g/mol. The quantitative estimate of drug-likeness (QED) is 0.655. The zero-order valence-electron chi connectivity index (χ0n) is 10.7. The first-order valence-electron chi connectivity index (χ1n) is 6.24. The average Bonchev–Trinajstić information content (AvgIpc) is 3.14. The molecule has 18 heavy (non-hydrogen) atoms. The van der Waals surface area contributed by atoms with E-state index in [9.17, 15) is 14.4 Å². The molecule has 3 amide bonds. The summed E-state index contributed by atoms with van der Waals surface area (Å²) in [5, 5.41) is 2.67. The van der Waals surface area contributed by atoms with Crippen molar-refractivity contribution in [3.63, 3.8) is 0 Å². The fourth-order valence-corrected chi connectivity index (χ4v) is 2.23. The molecule has 6 heteroatoms. The normalized spacial score (nSPS) is 27.9. The van der Waals surface area contributed by atoms with Gasteiger partial charge in [-0.15, -0.1) is 0 Å². The summed E-state index contributed by atoms with van der Waals surface area (Å²) in [7, 11) is 1.44. The number of rotatable bonds is 3. The van der Waals surface area contributed by atoms with E-state index in [1.165, 1.54) is 7.05 Å². The molecule has 0 aromatic rings. The van der Waals surface area contributed by atoms with Crippen molar-refractivity contribution in [2.45, 2.75) is 44.2 Å². The molecule has 0 aromatic heterocycles. The Kier molecular flexibility index (Phi) is 3.14. The summed E-state index contributed by atoms with van der Waals surface area (Å²) in [5.74, 6) is -0.656. The number of hydrogen-bond donors (Lipinski definition) is 2. The minimum absolute atomic E-state index is 0.204. The Hall–Kier alpha value is -1.43. The Labute approximate surface area is 106 Å². The van der Waals surface area contributed by atoms with Crippen molar-refractivity contribution in [3.8, 4) is 0 Å². The Bertz CT molecular complexity index is 401. The third kappa shape index (κ3) is 2.25. The number of likely N-dealkylation sites (N-methyl/N-ethyl adjacent to an activating group) is 1. The second kappa shape index (κ2) is 4.35. The summed E-state index contributed by atoms with van der Waals surface area (Å²) in [6, 6.07) is -0.623. The van der Waals surface area contributed by atoms with Crippen LogP contribution in [0.15, 0.2) is 0 Å². The molecule has 2 atom stereocenters. The van der Waals surface area contributed by atoms with Crippen LogP contribution in [0.1, 0.15) is 32.6 Å². The maximum atomic E-state index is 12.1. The second-order valence-corrected chi connectivity index (χ2v) is 5.41. The van der Waals surface area contributed by atoms with E-state index in [1.807, 2.05) is 0 Å². The first kappa shape index (κ1) is 13.0. The van der Waals surface area contributed by atoms with Crippen molar-refractivity contribution < 1.29 is 14.4 Å². The molecule has 0 bridgehead atoms. The van der Waals surface area contributed by atoms with Crippen LogP contribution in [0.25, 0.3) is 0 Å². The van der Waals surface area contributed by atoms with Gasteiger partial charge in [-0.25, -0.2) is 0 Å². The summed E-state index contributed by atoms with van der Waals surface area (Å²) in [4.78, 5) is 36.3. The van der Waals surface area contributed by atoms with Gasteiger partial charge in [0.25, 0.3) is 5.91 Å². The molecule has 3 N–H and O–H groups in total. The van der Waals surface area contributed by atoms with E-state index in [4.69, 9.17) is 5.73 Å². The van der Waals surface area contributed by atoms with Crippen LogP contribution in [0.2, 0.25) is 0 Å². The van der Waals surface area contributed by atoms with Gasteiger partial charge in [-0.2, -0.15) is 0 Å². The lowest BCUT2D eigenvalue weighted by molar-refractivity contribution is -0.149. The van der Waals surface area contributed by atoms with Crippen LogP contribution in [-0.4, -0.2) is 41.2 Å². The molecule has 1 aliphatic heterocycles. The minimum atomic E-state index is -0.916. The smallest absolute Gasteiger partial charge is 0.251 e. The molecule has 0 aromatic carbocycles. The Morgan fingerprint density at radius 3 is 2.56 bits per heavy atom. The fraction of sp³-hybridized carbons (Fsp3) is 0.750. The molecular formula is C12H19N3O3. The van der Waals surface area contributed by atoms with Gasteiger partial charge in [-0.1, -0.05) is 0 Å². The molecule has 1 aliphatic carbocycles. The predicted molar refractivity (Wildman–Crippen MR) is 64.3 cm³/mol. The number of nitrogens with one attached hydrogen (secondary N) is 1. The summed E-state index contributed by atoms with van der Waals surface area (Å²) in [6.45, 7) is 1.70. The van der Waals surface area contributed by atoms with Gasteiger partial charge in [0.1, 0.15) is 6.04 Å². The first-order valence-corrected chi connectivity index (χ1v) is 6.24. The van der Waals surface area contributed by atoms with E-state index in [-0.39, 0.29) is 30.1 Å². The van der Waals surface area contributed by atoms with Crippen molar-refractivity contribution in [2.75, 3.05) is 7.05 Å². The lowest BCUT2D eigenvalue weighted by Gasteiger charge is -2.31. The number of nitrogens with two attached hydrogens (primary N) is 1. The second-order valence-electron chi connectivity index (χ2n) is 5.41. The van der Waals surface area contributed by atoms with Gasteiger partial charge in [0.05, 0.1) is 5.54 Å². The zero-order chi connectivity index (χ0) is 13.5. The van der Waals surface area contributed by atoms with Crippen molar-refractivity contribution in [1.29, 1.82) is 0 Å². The van der Waals surface area contributed by atoms with E-state index in [2.05, 4.69) is 5.32 Å². The van der Waals surface area contributed by atoms with E-state index < -0.39 is 11.6 Å². The van der Waals surface area contributed by atoms with Gasteiger partial charge in [-0.05, 0) is 32.1 Å². The molecule has 1 saturated carbocycles. The third-order valence-corrected chi connectivity index (χ3v) is 3.87. The summed E-state index contributed by atoms with van der Waals surface area (Å²) < 4.78 is 0. The molecule has 1 heterocycles. The number of piperidine rings is 1. The predicted octanol–water partition coefficient (Wildman–Crippen LogP) is -0.623. The van der Waals surface area contributed by atoms with E-state index in [1.54, 1.807) is 6.92 Å². The van der Waals surface area contributed by atoms with E-state index >= 15 is 0 Å². The van der Waals surface area contributed by atoms with Crippen molar-refractivity contribution in [1.82, 2.24) is 10.2 Å². The molecule has 2 rings (SSSR count). The minimum Gasteiger partial charge on any atom is -0.343 e. The maximum Gasteiger partial charge on any atom is 0.251 e. The summed E-state index contributed by atoms with van der Waals surface area (Å²) in [5.41, 5.74) is 5.07. The van der Waals surface area contributed by atoms with Crippen LogP contribution in [0, 0.1) is 5.92 Å². The lowest BCUT2D eigenvalue weighted by Crippen LogP contribution is -2.60. The summed E-state index contributed by atoms with van der Waals surface area (Å²) >= 11 is 0. The number of hydrogen-bond acceptors (Lipinski definition) is 4. The molecule has 6 nitrogen and oxygen atoms in total. The van der Waals surface area contributed by atoms with Crippen LogP contribution in [0.4, 0.5) is 0 Å². The van der Waals surface area contributed by atoms with Gasteiger partial charge < -0.3 is 11.1 Å². The molecule has 0 radical (unpaired) electrons. The number of imide groups is 1. The fourth-order valence-electron chi connectivity index (χ4n) is 2.23. The standard InChI is InChI=1S/C12H19N3O3/c1-12(13,7-3-4-7)11(18)14-8-5-6-9(16)15(2)10(8)17/h7-8H,3-6,13H2,1-2H3,(H,14,18). The highest BCUT2D eigenvalue weighted by Gasteiger charge is 2.45. The van der Waals surface area contributed by atoms with Crippen molar-refractivity contribution in [2.24, 2.45) is 11.7 Å². The highest BCUT2D eigenvalue weighted by molar-refractivity contribution is 6.02. The van der Waals surface area contributed by atoms with Crippen LogP contribution < -0.4 is 11.1 Å². The molecule has 100 valence electrons. The number of nitrogens with zero attached hydrogens (tertiary/aromatic N) is 1. The van der Waals surface area contributed by atoms with Crippen LogP contribution in [0.3, 0.4) is 0 Å². The van der Waals surface area contributed by atoms with Gasteiger partial charge in [-0.3, -0.25) is 19.3 Å².